The zero-order chi connectivity index (χ0) is 10.1. The normalized spacial score (nSPS) is 11.2. The van der Waals surface area contributed by atoms with Gasteiger partial charge in [0.25, 0.3) is 0 Å². The van der Waals surface area contributed by atoms with Crippen LogP contribution in [-0.2, 0) is 4.74 Å². The third-order valence-corrected chi connectivity index (χ3v) is 0.952. The Balaban J connectivity index is 4.34. The van der Waals surface area contributed by atoms with Crippen LogP contribution in [0.5, 0.6) is 0 Å². The number of nitriles is 2. The van der Waals surface area contributed by atoms with Crippen LogP contribution in [0.3, 0.4) is 0 Å². The molecule has 0 saturated heterocycles. The van der Waals surface area contributed by atoms with Gasteiger partial charge in [-0.2, -0.15) is 10.5 Å². The Morgan fingerprint density at radius 2 is 2.23 bits per heavy atom. The fourth-order valence-electron chi connectivity index (χ4n) is 0.413. The minimum Gasteiger partial charge on any atom is -0.479 e. The molecule has 0 radical (unpaired) electrons. The summed E-state index contributed by atoms with van der Waals surface area (Å²) in [5.74, 6) is 0. The molecule has 66 valence electrons. The van der Waals surface area contributed by atoms with Crippen LogP contribution in [0.2, 0.25) is 0 Å². The zero-order valence-corrected chi connectivity index (χ0v) is 6.90. The number of allylic oxidation sites excluding steroid dienone is 2. The summed E-state index contributed by atoms with van der Waals surface area (Å²) in [5, 5.41) is 16.8. The molecule has 0 aliphatic heterocycles. The Hall–Kier alpha value is -2.27. The number of aliphatic imine (C=N–C) groups is 1. The molecule has 0 bridgehead atoms. The molecular formula is C8H8N4O. The van der Waals surface area contributed by atoms with Gasteiger partial charge in [0.05, 0.1) is 0 Å². The van der Waals surface area contributed by atoms with Gasteiger partial charge in [-0.25, -0.2) is 4.99 Å². The number of nitrogens with two attached hydrogens (primary N) is 1. The molecule has 0 atom stereocenters. The zero-order valence-electron chi connectivity index (χ0n) is 6.90. The van der Waals surface area contributed by atoms with Gasteiger partial charge in [0.2, 0.25) is 0 Å². The highest BCUT2D eigenvalue weighted by Crippen LogP contribution is 1.96. The van der Waals surface area contributed by atoms with Crippen molar-refractivity contribution in [2.24, 2.45) is 10.7 Å². The van der Waals surface area contributed by atoms with Gasteiger partial charge < -0.3 is 10.5 Å². The Labute approximate surface area is 76.0 Å². The van der Waals surface area contributed by atoms with E-state index < -0.39 is 0 Å². The first kappa shape index (κ1) is 10.7. The molecule has 0 fully saturated rings. The quantitative estimate of drug-likeness (QED) is 0.221. The monoisotopic (exact) mass is 176 g/mol. The van der Waals surface area contributed by atoms with Crippen LogP contribution >= 0.6 is 0 Å². The standard InChI is InChI=1S/C8H8N4O/c1-2-3-13-6-12-8(5-10)7(11)4-9/h2,6H,1,3,11H2. The van der Waals surface area contributed by atoms with E-state index in [1.165, 1.54) is 6.08 Å². The van der Waals surface area contributed by atoms with Crippen LogP contribution in [0.15, 0.2) is 29.0 Å². The molecule has 0 aromatic heterocycles. The first-order chi connectivity index (χ1) is 6.26. The molecule has 0 amide bonds. The molecular weight excluding hydrogens is 168 g/mol. The van der Waals surface area contributed by atoms with Crippen molar-refractivity contribution in [3.8, 4) is 12.1 Å². The third kappa shape index (κ3) is 4.23. The summed E-state index contributed by atoms with van der Waals surface area (Å²) in [7, 11) is 0. The molecule has 0 aromatic carbocycles. The van der Waals surface area contributed by atoms with Crippen LogP contribution < -0.4 is 5.73 Å². The summed E-state index contributed by atoms with van der Waals surface area (Å²) >= 11 is 0. The minimum absolute atomic E-state index is 0.161. The predicted molar refractivity (Wildman–Crippen MR) is 47.1 cm³/mol. The smallest absolute Gasteiger partial charge is 0.177 e. The van der Waals surface area contributed by atoms with E-state index in [2.05, 4.69) is 11.6 Å². The first-order valence-electron chi connectivity index (χ1n) is 3.31. The van der Waals surface area contributed by atoms with Crippen molar-refractivity contribution in [2.75, 3.05) is 6.61 Å². The van der Waals surface area contributed by atoms with E-state index in [-0.39, 0.29) is 18.0 Å². The van der Waals surface area contributed by atoms with E-state index in [9.17, 15) is 0 Å². The fraction of sp³-hybridized carbons (Fsp3) is 0.125. The molecule has 0 unspecified atom stereocenters. The predicted octanol–water partition coefficient (Wildman–Crippen LogP) is 0.435. The fourth-order valence-corrected chi connectivity index (χ4v) is 0.413. The molecule has 0 heterocycles. The van der Waals surface area contributed by atoms with Gasteiger partial charge in [-0.05, 0) is 0 Å². The maximum atomic E-state index is 8.46. The Bertz CT molecular complexity index is 316. The molecule has 0 saturated carbocycles. The van der Waals surface area contributed by atoms with Gasteiger partial charge in [-0.15, -0.1) is 0 Å². The second-order valence-electron chi connectivity index (χ2n) is 1.84. The van der Waals surface area contributed by atoms with Crippen LogP contribution in [0.1, 0.15) is 0 Å². The highest BCUT2D eigenvalue weighted by molar-refractivity contribution is 5.52. The molecule has 0 aliphatic carbocycles. The van der Waals surface area contributed by atoms with Crippen molar-refractivity contribution in [1.29, 1.82) is 10.5 Å². The second-order valence-corrected chi connectivity index (χ2v) is 1.84. The van der Waals surface area contributed by atoms with Crippen LogP contribution in [0.25, 0.3) is 0 Å². The van der Waals surface area contributed by atoms with E-state index in [0.717, 1.165) is 6.40 Å². The molecule has 5 nitrogen and oxygen atoms in total. The highest BCUT2D eigenvalue weighted by atomic mass is 16.5. The highest BCUT2D eigenvalue weighted by Gasteiger charge is 1.97. The van der Waals surface area contributed by atoms with E-state index in [1.54, 1.807) is 12.1 Å². The van der Waals surface area contributed by atoms with Crippen molar-refractivity contribution in [3.05, 3.63) is 24.0 Å². The minimum atomic E-state index is -0.235. The lowest BCUT2D eigenvalue weighted by Crippen LogP contribution is -1.98. The molecule has 0 aliphatic rings. The summed E-state index contributed by atoms with van der Waals surface area (Å²) in [6.07, 6.45) is 2.57. The first-order valence-corrected chi connectivity index (χ1v) is 3.31. The van der Waals surface area contributed by atoms with E-state index in [1.807, 2.05) is 0 Å². The Kier molecular flexibility index (Phi) is 5.32. The topological polar surface area (TPSA) is 95.2 Å². The number of ether oxygens (including phenoxy) is 1. The lowest BCUT2D eigenvalue weighted by molar-refractivity contribution is 0.368. The summed E-state index contributed by atoms with van der Waals surface area (Å²) in [6.45, 7) is 3.69. The van der Waals surface area contributed by atoms with Crippen LogP contribution in [-0.4, -0.2) is 13.0 Å². The maximum absolute atomic E-state index is 8.46. The van der Waals surface area contributed by atoms with Crippen molar-refractivity contribution in [3.63, 3.8) is 0 Å². The third-order valence-electron chi connectivity index (χ3n) is 0.952. The van der Waals surface area contributed by atoms with Crippen molar-refractivity contribution in [1.82, 2.24) is 0 Å². The molecule has 2 N–H and O–H groups in total. The number of hydrogen-bond donors (Lipinski definition) is 1. The molecule has 0 aromatic rings. The van der Waals surface area contributed by atoms with Gasteiger partial charge >= 0.3 is 0 Å². The Morgan fingerprint density at radius 1 is 1.54 bits per heavy atom. The van der Waals surface area contributed by atoms with Crippen LogP contribution in [0, 0.1) is 22.7 Å². The van der Waals surface area contributed by atoms with Gasteiger partial charge in [0, 0.05) is 0 Å². The number of rotatable bonds is 4. The maximum Gasteiger partial charge on any atom is 0.177 e. The average Bonchev–Trinajstić information content (AvgIpc) is 2.17. The van der Waals surface area contributed by atoms with Gasteiger partial charge in [-0.1, -0.05) is 12.7 Å². The summed E-state index contributed by atoms with van der Waals surface area (Å²) in [6, 6.07) is 3.26. The van der Waals surface area contributed by atoms with Gasteiger partial charge in [0.1, 0.15) is 24.4 Å². The average molecular weight is 176 g/mol. The van der Waals surface area contributed by atoms with Crippen LogP contribution in [0.4, 0.5) is 0 Å². The summed E-state index contributed by atoms with van der Waals surface area (Å²) in [5.41, 5.74) is 4.75. The Morgan fingerprint density at radius 3 is 2.69 bits per heavy atom. The largest absolute Gasteiger partial charge is 0.479 e. The van der Waals surface area contributed by atoms with E-state index >= 15 is 0 Å². The number of nitrogens with zero attached hydrogens (tertiary/aromatic N) is 3. The lowest BCUT2D eigenvalue weighted by Gasteiger charge is -1.92. The van der Waals surface area contributed by atoms with E-state index in [0.29, 0.717) is 0 Å². The summed E-state index contributed by atoms with van der Waals surface area (Å²) in [4.78, 5) is 3.53. The number of hydrogen-bond acceptors (Lipinski definition) is 5. The van der Waals surface area contributed by atoms with Crippen molar-refractivity contribution in [2.45, 2.75) is 0 Å². The molecule has 5 heteroatoms. The van der Waals surface area contributed by atoms with Crippen molar-refractivity contribution >= 4 is 6.40 Å². The molecule has 13 heavy (non-hydrogen) atoms. The van der Waals surface area contributed by atoms with Gasteiger partial charge in [-0.3, -0.25) is 0 Å². The lowest BCUT2D eigenvalue weighted by atomic mass is 10.4. The second kappa shape index (κ2) is 6.44. The van der Waals surface area contributed by atoms with E-state index in [4.69, 9.17) is 21.0 Å². The SMILES string of the molecule is C=CCOC=NC(C#N)=C(N)C#N. The molecule has 0 rings (SSSR count). The van der Waals surface area contributed by atoms with Gasteiger partial charge in [0.15, 0.2) is 12.1 Å². The summed E-state index contributed by atoms with van der Waals surface area (Å²) < 4.78 is 4.75. The molecule has 0 spiro atoms. The van der Waals surface area contributed by atoms with Crippen molar-refractivity contribution < 1.29 is 4.74 Å².